The third kappa shape index (κ3) is 2.90. The summed E-state index contributed by atoms with van der Waals surface area (Å²) in [6.07, 6.45) is 0. The van der Waals surface area contributed by atoms with Gasteiger partial charge in [0.2, 0.25) is 0 Å². The van der Waals surface area contributed by atoms with Gasteiger partial charge in [-0.15, -0.1) is 0 Å². The summed E-state index contributed by atoms with van der Waals surface area (Å²) >= 11 is 0. The van der Waals surface area contributed by atoms with E-state index in [0.29, 0.717) is 12.1 Å². The van der Waals surface area contributed by atoms with E-state index in [1.54, 1.807) is 18.2 Å². The predicted molar refractivity (Wildman–Crippen MR) is 87.9 cm³/mol. The average Bonchev–Trinajstić information content (AvgIpc) is 2.90. The van der Waals surface area contributed by atoms with E-state index in [0.717, 1.165) is 29.2 Å². The topological polar surface area (TPSA) is 64.4 Å². The molecule has 2 aromatic carbocycles. The van der Waals surface area contributed by atoms with Gasteiger partial charge in [0.05, 0.1) is 16.6 Å². The van der Waals surface area contributed by atoms with Crippen LogP contribution in [0.2, 0.25) is 0 Å². The summed E-state index contributed by atoms with van der Waals surface area (Å²) in [5, 5.41) is 9.10. The molecule has 0 saturated heterocycles. The zero-order valence-corrected chi connectivity index (χ0v) is 13.1. The molecular weight excluding hydrogens is 292 g/mol. The Morgan fingerprint density at radius 3 is 2.74 bits per heavy atom. The molecule has 1 aromatic heterocycles. The van der Waals surface area contributed by atoms with E-state index < -0.39 is 5.97 Å². The molecule has 0 atom stereocenters. The first kappa shape index (κ1) is 15.1. The average molecular weight is 310 g/mol. The van der Waals surface area contributed by atoms with Gasteiger partial charge >= 0.3 is 5.97 Å². The monoisotopic (exact) mass is 310 g/mol. The van der Waals surface area contributed by atoms with Crippen LogP contribution in [0.5, 0.6) is 5.75 Å². The fraction of sp³-hybridized carbons (Fsp3) is 0.222. The summed E-state index contributed by atoms with van der Waals surface area (Å²) in [7, 11) is 0. The lowest BCUT2D eigenvalue weighted by Crippen LogP contribution is -2.06. The number of hydrogen-bond acceptors (Lipinski definition) is 3. The first-order chi connectivity index (χ1) is 11.1. The van der Waals surface area contributed by atoms with E-state index in [1.165, 1.54) is 0 Å². The van der Waals surface area contributed by atoms with E-state index in [1.807, 2.05) is 42.7 Å². The Morgan fingerprint density at radius 1 is 1.26 bits per heavy atom. The number of aryl methyl sites for hydroxylation is 2. The lowest BCUT2D eigenvalue weighted by molar-refractivity contribution is 0.0697. The summed E-state index contributed by atoms with van der Waals surface area (Å²) in [6.45, 7) is 5.12. The number of rotatable bonds is 5. The number of aromatic carboxylic acids is 1. The minimum Gasteiger partial charge on any atom is -0.485 e. The molecule has 0 aliphatic carbocycles. The lowest BCUT2D eigenvalue weighted by atomic mass is 10.2. The van der Waals surface area contributed by atoms with Crippen molar-refractivity contribution in [3.05, 3.63) is 59.4 Å². The number of fused-ring (bicyclic) bond motifs is 1. The summed E-state index contributed by atoms with van der Waals surface area (Å²) in [6, 6.07) is 12.8. The summed E-state index contributed by atoms with van der Waals surface area (Å²) in [5.41, 5.74) is 2.90. The third-order valence-corrected chi connectivity index (χ3v) is 3.84. The van der Waals surface area contributed by atoms with Crippen LogP contribution in [0.15, 0.2) is 42.5 Å². The Morgan fingerprint density at radius 2 is 2.04 bits per heavy atom. The van der Waals surface area contributed by atoms with Crippen LogP contribution in [0.25, 0.3) is 11.0 Å². The zero-order valence-electron chi connectivity index (χ0n) is 13.1. The second-order valence-corrected chi connectivity index (χ2v) is 5.34. The summed E-state index contributed by atoms with van der Waals surface area (Å²) in [4.78, 5) is 15.6. The molecule has 3 aromatic rings. The van der Waals surface area contributed by atoms with Gasteiger partial charge in [-0.2, -0.15) is 0 Å². The smallest absolute Gasteiger partial charge is 0.335 e. The van der Waals surface area contributed by atoms with E-state index >= 15 is 0 Å². The van der Waals surface area contributed by atoms with Crippen LogP contribution in [-0.4, -0.2) is 20.6 Å². The fourth-order valence-electron chi connectivity index (χ4n) is 2.64. The molecule has 0 bridgehead atoms. The number of carboxylic acids is 1. The second-order valence-electron chi connectivity index (χ2n) is 5.34. The molecule has 0 unspecified atom stereocenters. The highest BCUT2D eigenvalue weighted by atomic mass is 16.5. The number of aromatic nitrogens is 2. The van der Waals surface area contributed by atoms with Crippen LogP contribution >= 0.6 is 0 Å². The third-order valence-electron chi connectivity index (χ3n) is 3.84. The van der Waals surface area contributed by atoms with Gasteiger partial charge in [-0.3, -0.25) is 0 Å². The van der Waals surface area contributed by atoms with E-state index in [4.69, 9.17) is 9.84 Å². The molecule has 3 rings (SSSR count). The second kappa shape index (κ2) is 6.12. The Labute approximate surface area is 134 Å². The van der Waals surface area contributed by atoms with Gasteiger partial charge in [0.25, 0.3) is 0 Å². The van der Waals surface area contributed by atoms with E-state index in [9.17, 15) is 4.79 Å². The zero-order chi connectivity index (χ0) is 16.4. The van der Waals surface area contributed by atoms with Crippen molar-refractivity contribution in [2.45, 2.75) is 27.0 Å². The normalized spacial score (nSPS) is 10.9. The summed E-state index contributed by atoms with van der Waals surface area (Å²) in [5.74, 6) is 0.664. The Bertz CT molecular complexity index is 868. The molecule has 118 valence electrons. The van der Waals surface area contributed by atoms with Crippen LogP contribution in [0, 0.1) is 6.92 Å². The number of nitrogens with zero attached hydrogens (tertiary/aromatic N) is 2. The number of benzene rings is 2. The largest absolute Gasteiger partial charge is 0.485 e. The molecule has 1 heterocycles. The van der Waals surface area contributed by atoms with Crippen molar-refractivity contribution in [2.75, 3.05) is 0 Å². The van der Waals surface area contributed by atoms with Gasteiger partial charge in [0.15, 0.2) is 0 Å². The first-order valence-corrected chi connectivity index (χ1v) is 7.51. The number of hydrogen-bond donors (Lipinski definition) is 1. The Kier molecular flexibility index (Phi) is 4.02. The molecule has 1 N–H and O–H groups in total. The van der Waals surface area contributed by atoms with Gasteiger partial charge < -0.3 is 14.4 Å². The van der Waals surface area contributed by atoms with Crippen LogP contribution in [0.3, 0.4) is 0 Å². The lowest BCUT2D eigenvalue weighted by Gasteiger charge is -2.10. The molecule has 0 amide bonds. The van der Waals surface area contributed by atoms with Crippen molar-refractivity contribution in [3.8, 4) is 5.75 Å². The van der Waals surface area contributed by atoms with E-state index in [-0.39, 0.29) is 5.56 Å². The van der Waals surface area contributed by atoms with Crippen molar-refractivity contribution < 1.29 is 14.6 Å². The van der Waals surface area contributed by atoms with Crippen LogP contribution in [-0.2, 0) is 13.2 Å². The van der Waals surface area contributed by atoms with Gasteiger partial charge in [-0.1, -0.05) is 18.2 Å². The molecule has 5 nitrogen and oxygen atoms in total. The van der Waals surface area contributed by atoms with Gasteiger partial charge in [0.1, 0.15) is 18.2 Å². The maximum Gasteiger partial charge on any atom is 0.335 e. The van der Waals surface area contributed by atoms with Gasteiger partial charge in [-0.05, 0) is 43.7 Å². The Balaban J connectivity index is 1.94. The van der Waals surface area contributed by atoms with E-state index in [2.05, 4.69) is 4.98 Å². The number of para-hydroxylation sites is 1. The molecule has 0 radical (unpaired) electrons. The molecule has 5 heteroatoms. The minimum absolute atomic E-state index is 0.240. The highest BCUT2D eigenvalue weighted by Crippen LogP contribution is 2.21. The number of carbonyl (C=O) groups is 1. The molecule has 0 aliphatic heterocycles. The minimum atomic E-state index is -0.948. The Hall–Kier alpha value is -2.82. The highest BCUT2D eigenvalue weighted by Gasteiger charge is 2.13. The number of imidazole rings is 1. The molecule has 0 fully saturated rings. The quantitative estimate of drug-likeness (QED) is 0.781. The maximum atomic E-state index is 11.1. The molecule has 0 saturated carbocycles. The number of carboxylic acid groups (broad SMARTS) is 1. The van der Waals surface area contributed by atoms with Crippen LogP contribution in [0.1, 0.15) is 28.7 Å². The highest BCUT2D eigenvalue weighted by molar-refractivity contribution is 5.92. The molecule has 0 spiro atoms. The summed E-state index contributed by atoms with van der Waals surface area (Å²) < 4.78 is 7.91. The molecule has 23 heavy (non-hydrogen) atoms. The standard InChI is InChI=1S/C18H18N2O3/c1-3-20-15-9-8-13(18(21)22)10-14(15)19-17(20)11-23-16-7-5-4-6-12(16)2/h4-10H,3,11H2,1-2H3,(H,21,22). The van der Waals surface area contributed by atoms with Crippen molar-refractivity contribution in [1.82, 2.24) is 9.55 Å². The first-order valence-electron chi connectivity index (χ1n) is 7.51. The predicted octanol–water partition coefficient (Wildman–Crippen LogP) is 3.64. The van der Waals surface area contributed by atoms with Crippen molar-refractivity contribution in [3.63, 3.8) is 0 Å². The van der Waals surface area contributed by atoms with Gasteiger partial charge in [-0.25, -0.2) is 9.78 Å². The number of ether oxygens (including phenoxy) is 1. The van der Waals surface area contributed by atoms with Crippen molar-refractivity contribution in [1.29, 1.82) is 0 Å². The van der Waals surface area contributed by atoms with Gasteiger partial charge in [0, 0.05) is 6.54 Å². The van der Waals surface area contributed by atoms with Crippen LogP contribution < -0.4 is 4.74 Å². The molecular formula is C18H18N2O3. The van der Waals surface area contributed by atoms with Crippen LogP contribution in [0.4, 0.5) is 0 Å². The SMILES string of the molecule is CCn1c(COc2ccccc2C)nc2cc(C(=O)O)ccc21. The maximum absolute atomic E-state index is 11.1. The van der Waals surface area contributed by atoms with Crippen molar-refractivity contribution in [2.24, 2.45) is 0 Å². The molecule has 0 aliphatic rings. The fourth-order valence-corrected chi connectivity index (χ4v) is 2.64. The van der Waals surface area contributed by atoms with Crippen molar-refractivity contribution >= 4 is 17.0 Å².